The lowest BCUT2D eigenvalue weighted by Crippen LogP contribution is -2.22. The van der Waals surface area contributed by atoms with Crippen molar-refractivity contribution >= 4 is 9.84 Å². The Labute approximate surface area is 117 Å². The maximum absolute atomic E-state index is 11.4. The molecule has 0 saturated carbocycles. The van der Waals surface area contributed by atoms with Crippen LogP contribution in [0.2, 0.25) is 0 Å². The van der Waals surface area contributed by atoms with Crippen LogP contribution in [0.3, 0.4) is 0 Å². The molecule has 0 aliphatic heterocycles. The zero-order valence-electron chi connectivity index (χ0n) is 11.6. The van der Waals surface area contributed by atoms with Crippen LogP contribution in [0.25, 0.3) is 11.4 Å². The molecule has 0 bridgehead atoms. The van der Waals surface area contributed by atoms with Crippen LogP contribution in [0.15, 0.2) is 33.7 Å². The largest absolute Gasteiger partial charge is 0.339 e. The van der Waals surface area contributed by atoms with Crippen LogP contribution < -0.4 is 5.73 Å². The van der Waals surface area contributed by atoms with Crippen molar-refractivity contribution in [3.63, 3.8) is 0 Å². The average molecular weight is 295 g/mol. The number of rotatable bonds is 4. The third-order valence-corrected chi connectivity index (χ3v) is 4.29. The standard InChI is InChI=1S/C13H17N3O3S/c1-8(9(2)14)13-15-12(16-19-13)10-4-6-11(7-5-10)20(3,17)18/h4-9H,14H2,1-3H3. The summed E-state index contributed by atoms with van der Waals surface area (Å²) in [4.78, 5) is 4.54. The van der Waals surface area contributed by atoms with Crippen molar-refractivity contribution in [2.24, 2.45) is 5.73 Å². The number of benzene rings is 1. The molecule has 1 aromatic carbocycles. The summed E-state index contributed by atoms with van der Waals surface area (Å²) in [6.45, 7) is 3.78. The Morgan fingerprint density at radius 1 is 1.20 bits per heavy atom. The minimum atomic E-state index is -3.20. The third-order valence-electron chi connectivity index (χ3n) is 3.16. The lowest BCUT2D eigenvalue weighted by molar-refractivity contribution is 0.347. The van der Waals surface area contributed by atoms with Crippen molar-refractivity contribution in [2.45, 2.75) is 30.7 Å². The van der Waals surface area contributed by atoms with Crippen LogP contribution in [0.4, 0.5) is 0 Å². The van der Waals surface area contributed by atoms with Gasteiger partial charge >= 0.3 is 0 Å². The second-order valence-electron chi connectivity index (χ2n) is 4.90. The topological polar surface area (TPSA) is 99.1 Å². The summed E-state index contributed by atoms with van der Waals surface area (Å²) in [7, 11) is -3.20. The maximum Gasteiger partial charge on any atom is 0.231 e. The molecule has 2 aromatic rings. The summed E-state index contributed by atoms with van der Waals surface area (Å²) < 4.78 is 28.0. The molecule has 0 spiro atoms. The summed E-state index contributed by atoms with van der Waals surface area (Å²) in [5, 5.41) is 3.89. The molecule has 0 aliphatic rings. The van der Waals surface area contributed by atoms with E-state index >= 15 is 0 Å². The van der Waals surface area contributed by atoms with Gasteiger partial charge < -0.3 is 10.3 Å². The maximum atomic E-state index is 11.4. The number of sulfone groups is 1. The van der Waals surface area contributed by atoms with Crippen molar-refractivity contribution in [2.75, 3.05) is 6.26 Å². The number of nitrogens with zero attached hydrogens (tertiary/aromatic N) is 2. The van der Waals surface area contributed by atoms with Crippen LogP contribution in [0.5, 0.6) is 0 Å². The molecule has 6 nitrogen and oxygen atoms in total. The highest BCUT2D eigenvalue weighted by atomic mass is 32.2. The predicted molar refractivity (Wildman–Crippen MR) is 74.9 cm³/mol. The van der Waals surface area contributed by atoms with Gasteiger partial charge in [0.2, 0.25) is 11.7 Å². The number of nitrogens with two attached hydrogens (primary N) is 1. The number of hydrogen-bond donors (Lipinski definition) is 1. The highest BCUT2D eigenvalue weighted by Gasteiger charge is 2.18. The van der Waals surface area contributed by atoms with Crippen molar-refractivity contribution in [3.05, 3.63) is 30.2 Å². The molecular weight excluding hydrogens is 278 g/mol. The van der Waals surface area contributed by atoms with E-state index in [1.807, 2.05) is 13.8 Å². The van der Waals surface area contributed by atoms with Crippen LogP contribution in [0.1, 0.15) is 25.7 Å². The normalized spacial score (nSPS) is 15.0. The molecule has 0 fully saturated rings. The Morgan fingerprint density at radius 2 is 1.80 bits per heavy atom. The first kappa shape index (κ1) is 14.7. The second kappa shape index (κ2) is 5.34. The molecule has 2 N–H and O–H groups in total. The molecule has 0 aliphatic carbocycles. The molecule has 1 aromatic heterocycles. The van der Waals surface area contributed by atoms with Gasteiger partial charge in [-0.1, -0.05) is 12.1 Å². The molecule has 0 amide bonds. The van der Waals surface area contributed by atoms with Crippen LogP contribution >= 0.6 is 0 Å². The predicted octanol–water partition coefficient (Wildman–Crippen LogP) is 1.59. The first-order valence-electron chi connectivity index (χ1n) is 6.18. The molecule has 0 radical (unpaired) electrons. The molecule has 2 unspecified atom stereocenters. The van der Waals surface area contributed by atoms with Crippen molar-refractivity contribution in [1.29, 1.82) is 0 Å². The molecule has 7 heteroatoms. The molecule has 2 rings (SSSR count). The SMILES string of the molecule is CC(N)C(C)c1nc(-c2ccc(S(C)(=O)=O)cc2)no1. The fraction of sp³-hybridized carbons (Fsp3) is 0.385. The lowest BCUT2D eigenvalue weighted by atomic mass is 10.1. The molecular formula is C13H17N3O3S. The minimum absolute atomic E-state index is 0.0356. The van der Waals surface area contributed by atoms with E-state index < -0.39 is 9.84 Å². The number of aromatic nitrogens is 2. The van der Waals surface area contributed by atoms with E-state index in [1.54, 1.807) is 12.1 Å². The Bertz CT molecular complexity index is 690. The van der Waals surface area contributed by atoms with Gasteiger partial charge in [0.25, 0.3) is 0 Å². The summed E-state index contributed by atoms with van der Waals surface area (Å²) >= 11 is 0. The summed E-state index contributed by atoms with van der Waals surface area (Å²) in [6, 6.07) is 6.27. The fourth-order valence-corrected chi connectivity index (χ4v) is 2.24. The van der Waals surface area contributed by atoms with Gasteiger partial charge in [0.05, 0.1) is 10.8 Å². The molecule has 20 heavy (non-hydrogen) atoms. The van der Waals surface area contributed by atoms with Crippen LogP contribution in [0, 0.1) is 0 Å². The lowest BCUT2D eigenvalue weighted by Gasteiger charge is -2.09. The average Bonchev–Trinajstić information content (AvgIpc) is 2.86. The van der Waals surface area contributed by atoms with Gasteiger partial charge in [0.1, 0.15) is 0 Å². The van der Waals surface area contributed by atoms with E-state index in [-0.39, 0.29) is 16.9 Å². The summed E-state index contributed by atoms with van der Waals surface area (Å²) in [6.07, 6.45) is 1.17. The highest BCUT2D eigenvalue weighted by molar-refractivity contribution is 7.90. The molecule has 2 atom stereocenters. The van der Waals surface area contributed by atoms with E-state index in [9.17, 15) is 8.42 Å². The van der Waals surface area contributed by atoms with Crippen molar-refractivity contribution in [3.8, 4) is 11.4 Å². The number of hydrogen-bond acceptors (Lipinski definition) is 6. The summed E-state index contributed by atoms with van der Waals surface area (Å²) in [5.41, 5.74) is 6.49. The van der Waals surface area contributed by atoms with Gasteiger partial charge in [-0.05, 0) is 31.2 Å². The minimum Gasteiger partial charge on any atom is -0.339 e. The Kier molecular flexibility index (Phi) is 3.92. The highest BCUT2D eigenvalue weighted by Crippen LogP contribution is 2.22. The van der Waals surface area contributed by atoms with Gasteiger partial charge in [0, 0.05) is 17.9 Å². The summed E-state index contributed by atoms with van der Waals surface area (Å²) in [5.74, 6) is 0.862. The van der Waals surface area contributed by atoms with E-state index in [0.29, 0.717) is 17.3 Å². The molecule has 1 heterocycles. The zero-order chi connectivity index (χ0) is 14.9. The second-order valence-corrected chi connectivity index (χ2v) is 6.92. The van der Waals surface area contributed by atoms with Gasteiger partial charge in [-0.3, -0.25) is 0 Å². The smallest absolute Gasteiger partial charge is 0.231 e. The van der Waals surface area contributed by atoms with Gasteiger partial charge in [0.15, 0.2) is 9.84 Å². The van der Waals surface area contributed by atoms with E-state index in [0.717, 1.165) is 0 Å². The molecule has 0 saturated heterocycles. The van der Waals surface area contributed by atoms with Crippen LogP contribution in [-0.4, -0.2) is 30.9 Å². The van der Waals surface area contributed by atoms with Crippen LogP contribution in [-0.2, 0) is 9.84 Å². The zero-order valence-corrected chi connectivity index (χ0v) is 12.4. The van der Waals surface area contributed by atoms with Crippen molar-refractivity contribution in [1.82, 2.24) is 10.1 Å². The van der Waals surface area contributed by atoms with E-state index in [1.165, 1.54) is 18.4 Å². The van der Waals surface area contributed by atoms with Gasteiger partial charge in [-0.25, -0.2) is 8.42 Å². The quantitative estimate of drug-likeness (QED) is 0.919. The molecule has 108 valence electrons. The monoisotopic (exact) mass is 295 g/mol. The van der Waals surface area contributed by atoms with E-state index in [2.05, 4.69) is 10.1 Å². The van der Waals surface area contributed by atoms with Crippen molar-refractivity contribution < 1.29 is 12.9 Å². The fourth-order valence-electron chi connectivity index (χ4n) is 1.61. The Balaban J connectivity index is 2.29. The first-order valence-corrected chi connectivity index (χ1v) is 8.08. The van der Waals surface area contributed by atoms with E-state index in [4.69, 9.17) is 10.3 Å². The first-order chi connectivity index (χ1) is 9.29. The third kappa shape index (κ3) is 3.05. The van der Waals surface area contributed by atoms with Gasteiger partial charge in [-0.2, -0.15) is 4.98 Å². The Hall–Kier alpha value is -1.73. The Morgan fingerprint density at radius 3 is 2.30 bits per heavy atom. The van der Waals surface area contributed by atoms with Gasteiger partial charge in [-0.15, -0.1) is 0 Å².